The molecule has 2 aromatic rings. The summed E-state index contributed by atoms with van der Waals surface area (Å²) in [6.45, 7) is 1.04. The van der Waals surface area contributed by atoms with Crippen LogP contribution in [0.4, 0.5) is 5.69 Å². The highest BCUT2D eigenvalue weighted by Crippen LogP contribution is 2.28. The molecule has 0 atom stereocenters. The second-order valence-electron chi connectivity index (χ2n) is 4.81. The molecule has 0 aromatic heterocycles. The predicted octanol–water partition coefficient (Wildman–Crippen LogP) is 3.73. The van der Waals surface area contributed by atoms with Crippen LogP contribution in [0.2, 0.25) is 10.0 Å². The molecule has 102 valence electrons. The second kappa shape index (κ2) is 5.00. The summed E-state index contributed by atoms with van der Waals surface area (Å²) in [4.78, 5) is 14.1. The fourth-order valence-electron chi connectivity index (χ4n) is 2.36. The Morgan fingerprint density at radius 2 is 1.95 bits per heavy atom. The minimum absolute atomic E-state index is 0.0154. The molecule has 1 aliphatic heterocycles. The van der Waals surface area contributed by atoms with Crippen molar-refractivity contribution in [2.45, 2.75) is 13.1 Å². The number of hydrogen-bond acceptors (Lipinski definition) is 2. The van der Waals surface area contributed by atoms with E-state index in [2.05, 4.69) is 0 Å². The molecule has 2 N–H and O–H groups in total. The minimum atomic E-state index is -0.0154. The average Bonchev–Trinajstić information content (AvgIpc) is 2.70. The molecule has 1 amide bonds. The van der Waals surface area contributed by atoms with E-state index in [9.17, 15) is 4.79 Å². The predicted molar refractivity (Wildman–Crippen MR) is 80.9 cm³/mol. The van der Waals surface area contributed by atoms with Crippen molar-refractivity contribution >= 4 is 34.8 Å². The number of halogens is 2. The molecule has 5 heteroatoms. The van der Waals surface area contributed by atoms with E-state index in [1.165, 1.54) is 0 Å². The minimum Gasteiger partial charge on any atom is -0.399 e. The molecule has 0 radical (unpaired) electrons. The van der Waals surface area contributed by atoms with E-state index >= 15 is 0 Å². The van der Waals surface area contributed by atoms with Crippen LogP contribution in [0.5, 0.6) is 0 Å². The zero-order chi connectivity index (χ0) is 14.3. The first-order valence-electron chi connectivity index (χ1n) is 6.16. The first-order chi connectivity index (χ1) is 9.54. The lowest BCUT2D eigenvalue weighted by Crippen LogP contribution is -2.23. The van der Waals surface area contributed by atoms with Gasteiger partial charge in [-0.05, 0) is 35.4 Å². The molecule has 3 nitrogen and oxygen atoms in total. The van der Waals surface area contributed by atoms with Gasteiger partial charge in [-0.1, -0.05) is 35.3 Å². The summed E-state index contributed by atoms with van der Waals surface area (Å²) < 4.78 is 0. The van der Waals surface area contributed by atoms with E-state index in [0.29, 0.717) is 34.4 Å². The number of rotatable bonds is 2. The van der Waals surface area contributed by atoms with E-state index in [-0.39, 0.29) is 5.91 Å². The summed E-state index contributed by atoms with van der Waals surface area (Å²) in [6, 6.07) is 10.7. The van der Waals surface area contributed by atoms with Crippen molar-refractivity contribution in [3.05, 3.63) is 63.1 Å². The van der Waals surface area contributed by atoms with Gasteiger partial charge >= 0.3 is 0 Å². The van der Waals surface area contributed by atoms with Crippen molar-refractivity contribution < 1.29 is 4.79 Å². The van der Waals surface area contributed by atoms with Crippen LogP contribution in [0.25, 0.3) is 0 Å². The second-order valence-corrected chi connectivity index (χ2v) is 5.66. The summed E-state index contributed by atoms with van der Waals surface area (Å²) in [5.41, 5.74) is 8.88. The van der Waals surface area contributed by atoms with E-state index < -0.39 is 0 Å². The monoisotopic (exact) mass is 306 g/mol. The Balaban J connectivity index is 1.86. The number of hydrogen-bond donors (Lipinski definition) is 1. The SMILES string of the molecule is Nc1ccc2c(c1)C(=O)N(Cc1ccc(Cl)cc1Cl)C2. The summed E-state index contributed by atoms with van der Waals surface area (Å²) in [5, 5.41) is 1.16. The van der Waals surface area contributed by atoms with Crippen LogP contribution < -0.4 is 5.73 Å². The maximum atomic E-state index is 12.3. The number of amides is 1. The Morgan fingerprint density at radius 3 is 2.70 bits per heavy atom. The first kappa shape index (κ1) is 13.3. The maximum absolute atomic E-state index is 12.3. The topological polar surface area (TPSA) is 46.3 Å². The van der Waals surface area contributed by atoms with E-state index in [1.807, 2.05) is 18.2 Å². The Hall–Kier alpha value is -1.71. The van der Waals surface area contributed by atoms with Crippen molar-refractivity contribution in [2.24, 2.45) is 0 Å². The Labute approximate surface area is 126 Å². The zero-order valence-corrected chi connectivity index (χ0v) is 12.1. The van der Waals surface area contributed by atoms with Crippen molar-refractivity contribution in [1.82, 2.24) is 4.90 Å². The molecule has 3 rings (SSSR count). The number of nitrogens with two attached hydrogens (primary N) is 1. The van der Waals surface area contributed by atoms with Crippen molar-refractivity contribution in [2.75, 3.05) is 5.73 Å². The van der Waals surface area contributed by atoms with Crippen LogP contribution in [-0.2, 0) is 13.1 Å². The number of fused-ring (bicyclic) bond motifs is 1. The standard InChI is InChI=1S/C15H12Cl2N2O/c16-11-3-1-10(14(17)5-11)8-19-7-9-2-4-12(18)6-13(9)15(19)20/h1-6H,7-8,18H2. The Bertz CT molecular complexity index is 700. The lowest BCUT2D eigenvalue weighted by Gasteiger charge is -2.16. The third-order valence-electron chi connectivity index (χ3n) is 3.39. The molecular weight excluding hydrogens is 295 g/mol. The summed E-state index contributed by atoms with van der Waals surface area (Å²) in [5.74, 6) is -0.0154. The van der Waals surface area contributed by atoms with Crippen LogP contribution >= 0.6 is 23.2 Å². The fraction of sp³-hybridized carbons (Fsp3) is 0.133. The Morgan fingerprint density at radius 1 is 1.15 bits per heavy atom. The molecule has 0 aliphatic carbocycles. The number of carbonyl (C=O) groups excluding carboxylic acids is 1. The van der Waals surface area contributed by atoms with Gasteiger partial charge in [0.05, 0.1) is 0 Å². The number of anilines is 1. The highest BCUT2D eigenvalue weighted by molar-refractivity contribution is 6.35. The van der Waals surface area contributed by atoms with Crippen LogP contribution in [0.3, 0.4) is 0 Å². The number of benzene rings is 2. The summed E-state index contributed by atoms with van der Waals surface area (Å²) in [7, 11) is 0. The summed E-state index contributed by atoms with van der Waals surface area (Å²) in [6.07, 6.45) is 0. The van der Waals surface area contributed by atoms with Crippen molar-refractivity contribution in [3.8, 4) is 0 Å². The van der Waals surface area contributed by atoms with Gasteiger partial charge in [-0.15, -0.1) is 0 Å². The highest BCUT2D eigenvalue weighted by atomic mass is 35.5. The van der Waals surface area contributed by atoms with Gasteiger partial charge in [-0.2, -0.15) is 0 Å². The molecule has 0 fully saturated rings. The van der Waals surface area contributed by atoms with Gasteiger partial charge in [0.1, 0.15) is 0 Å². The number of carbonyl (C=O) groups is 1. The molecule has 0 saturated carbocycles. The fourth-order valence-corrected chi connectivity index (χ4v) is 2.83. The molecule has 1 heterocycles. The largest absolute Gasteiger partial charge is 0.399 e. The highest BCUT2D eigenvalue weighted by Gasteiger charge is 2.27. The third-order valence-corrected chi connectivity index (χ3v) is 3.98. The molecule has 0 spiro atoms. The Kier molecular flexibility index (Phi) is 3.32. The van der Waals surface area contributed by atoms with Crippen molar-refractivity contribution in [1.29, 1.82) is 0 Å². The van der Waals surface area contributed by atoms with Gasteiger partial charge in [0.15, 0.2) is 0 Å². The smallest absolute Gasteiger partial charge is 0.254 e. The molecule has 1 aliphatic rings. The number of nitrogen functional groups attached to an aromatic ring is 1. The van der Waals surface area contributed by atoms with Crippen LogP contribution in [0.1, 0.15) is 21.5 Å². The third kappa shape index (κ3) is 2.35. The number of nitrogens with zero attached hydrogens (tertiary/aromatic N) is 1. The summed E-state index contributed by atoms with van der Waals surface area (Å²) >= 11 is 12.0. The molecule has 0 unspecified atom stereocenters. The van der Waals surface area contributed by atoms with Gasteiger partial charge in [-0.3, -0.25) is 4.79 Å². The quantitative estimate of drug-likeness (QED) is 0.859. The van der Waals surface area contributed by atoms with Gasteiger partial charge in [0.2, 0.25) is 0 Å². The van der Waals surface area contributed by atoms with Gasteiger partial charge < -0.3 is 10.6 Å². The normalized spacial score (nSPS) is 13.7. The van der Waals surface area contributed by atoms with Crippen LogP contribution in [-0.4, -0.2) is 10.8 Å². The van der Waals surface area contributed by atoms with Crippen molar-refractivity contribution in [3.63, 3.8) is 0 Å². The first-order valence-corrected chi connectivity index (χ1v) is 6.92. The van der Waals surface area contributed by atoms with Crippen LogP contribution in [0, 0.1) is 0 Å². The molecule has 2 aromatic carbocycles. The zero-order valence-electron chi connectivity index (χ0n) is 10.6. The molecule has 0 bridgehead atoms. The van der Waals surface area contributed by atoms with E-state index in [0.717, 1.165) is 11.1 Å². The van der Waals surface area contributed by atoms with Gasteiger partial charge in [0.25, 0.3) is 5.91 Å². The van der Waals surface area contributed by atoms with Crippen LogP contribution in [0.15, 0.2) is 36.4 Å². The maximum Gasteiger partial charge on any atom is 0.254 e. The van der Waals surface area contributed by atoms with Gasteiger partial charge in [-0.25, -0.2) is 0 Å². The molecular formula is C15H12Cl2N2O. The molecule has 20 heavy (non-hydrogen) atoms. The average molecular weight is 307 g/mol. The van der Waals surface area contributed by atoms with E-state index in [4.69, 9.17) is 28.9 Å². The lowest BCUT2D eigenvalue weighted by atomic mass is 10.1. The van der Waals surface area contributed by atoms with Gasteiger partial charge in [0, 0.05) is 34.4 Å². The van der Waals surface area contributed by atoms with E-state index in [1.54, 1.807) is 23.1 Å². The lowest BCUT2D eigenvalue weighted by molar-refractivity contribution is 0.0767. The molecule has 0 saturated heterocycles.